The van der Waals surface area contributed by atoms with Crippen molar-refractivity contribution in [3.8, 4) is 5.75 Å². The van der Waals surface area contributed by atoms with Crippen molar-refractivity contribution in [1.82, 2.24) is 4.90 Å². The van der Waals surface area contributed by atoms with Gasteiger partial charge in [-0.25, -0.2) is 4.79 Å². The highest BCUT2D eigenvalue weighted by atomic mass is 35.5. The van der Waals surface area contributed by atoms with Crippen LogP contribution < -0.4 is 10.1 Å². The van der Waals surface area contributed by atoms with Crippen molar-refractivity contribution in [2.75, 3.05) is 38.2 Å². The molecule has 1 aromatic rings. The molecule has 3 rings (SSSR count). The maximum Gasteiger partial charge on any atom is 0.321 e. The molecule has 2 N–H and O–H groups in total. The molecule has 1 atom stereocenters. The molecule has 2 heterocycles. The highest BCUT2D eigenvalue weighted by Gasteiger charge is 2.27. The largest absolute Gasteiger partial charge is 0.491 e. The fourth-order valence-corrected chi connectivity index (χ4v) is 3.34. The Morgan fingerprint density at radius 1 is 1.31 bits per heavy atom. The van der Waals surface area contributed by atoms with E-state index < -0.39 is 5.97 Å². The zero-order chi connectivity index (χ0) is 18.5. The smallest absolute Gasteiger partial charge is 0.321 e. The van der Waals surface area contributed by atoms with E-state index in [9.17, 15) is 9.59 Å². The van der Waals surface area contributed by atoms with E-state index in [0.717, 1.165) is 13.0 Å². The summed E-state index contributed by atoms with van der Waals surface area (Å²) in [6, 6.07) is 4.84. The normalized spacial score (nSPS) is 20.8. The first-order chi connectivity index (χ1) is 12.5. The van der Waals surface area contributed by atoms with Crippen LogP contribution in [0.25, 0.3) is 0 Å². The van der Waals surface area contributed by atoms with Gasteiger partial charge in [-0.1, -0.05) is 11.6 Å². The lowest BCUT2D eigenvalue weighted by Crippen LogP contribution is -2.42. The van der Waals surface area contributed by atoms with Crippen LogP contribution in [0, 0.1) is 11.8 Å². The highest BCUT2D eigenvalue weighted by molar-refractivity contribution is 6.31. The van der Waals surface area contributed by atoms with Gasteiger partial charge in [-0.05, 0) is 37.5 Å². The van der Waals surface area contributed by atoms with Crippen LogP contribution in [0.1, 0.15) is 19.3 Å². The average molecular weight is 383 g/mol. The van der Waals surface area contributed by atoms with Gasteiger partial charge in [0.15, 0.2) is 0 Å². The third-order valence-corrected chi connectivity index (χ3v) is 5.05. The van der Waals surface area contributed by atoms with Gasteiger partial charge in [0.25, 0.3) is 0 Å². The Hall–Kier alpha value is -1.99. The van der Waals surface area contributed by atoms with E-state index in [0.29, 0.717) is 61.5 Å². The van der Waals surface area contributed by atoms with Crippen molar-refractivity contribution in [2.24, 2.45) is 11.8 Å². The molecule has 2 aliphatic rings. The molecule has 2 amide bonds. The lowest BCUT2D eigenvalue weighted by Gasteiger charge is -2.30. The Balaban J connectivity index is 1.60. The van der Waals surface area contributed by atoms with Gasteiger partial charge in [0, 0.05) is 30.6 Å². The van der Waals surface area contributed by atoms with Gasteiger partial charge in [0.2, 0.25) is 0 Å². The number of urea groups is 1. The van der Waals surface area contributed by atoms with Gasteiger partial charge in [-0.15, -0.1) is 0 Å². The number of piperidine rings is 1. The van der Waals surface area contributed by atoms with Gasteiger partial charge in [0.05, 0.1) is 24.8 Å². The van der Waals surface area contributed by atoms with Crippen LogP contribution >= 0.6 is 11.6 Å². The number of nitrogens with one attached hydrogen (secondary N) is 1. The second kappa shape index (κ2) is 8.60. The van der Waals surface area contributed by atoms with E-state index in [4.69, 9.17) is 26.2 Å². The van der Waals surface area contributed by atoms with Crippen molar-refractivity contribution in [2.45, 2.75) is 19.3 Å². The number of nitrogens with zero attached hydrogens (tertiary/aromatic N) is 1. The van der Waals surface area contributed by atoms with Crippen molar-refractivity contribution in [3.63, 3.8) is 0 Å². The first-order valence-electron chi connectivity index (χ1n) is 8.81. The monoisotopic (exact) mass is 382 g/mol. The number of hydrogen-bond donors (Lipinski definition) is 2. The first-order valence-corrected chi connectivity index (χ1v) is 9.19. The third-order valence-electron chi connectivity index (χ3n) is 4.81. The van der Waals surface area contributed by atoms with E-state index >= 15 is 0 Å². The van der Waals surface area contributed by atoms with E-state index in [2.05, 4.69) is 5.32 Å². The number of halogens is 1. The molecule has 2 fully saturated rings. The Morgan fingerprint density at radius 2 is 2.08 bits per heavy atom. The van der Waals surface area contributed by atoms with E-state index in [1.54, 1.807) is 23.1 Å². The maximum atomic E-state index is 12.5. The predicted molar refractivity (Wildman–Crippen MR) is 96.8 cm³/mol. The first kappa shape index (κ1) is 18.8. The minimum Gasteiger partial charge on any atom is -0.491 e. The zero-order valence-corrected chi connectivity index (χ0v) is 15.2. The summed E-state index contributed by atoms with van der Waals surface area (Å²) in [6.07, 6.45) is 1.89. The van der Waals surface area contributed by atoms with Crippen LogP contribution in [0.4, 0.5) is 10.5 Å². The molecule has 0 aromatic heterocycles. The van der Waals surface area contributed by atoms with Gasteiger partial charge in [-0.2, -0.15) is 0 Å². The molecule has 1 unspecified atom stereocenters. The fraction of sp³-hybridized carbons (Fsp3) is 0.556. The molecule has 0 spiro atoms. The lowest BCUT2D eigenvalue weighted by atomic mass is 9.97. The molecule has 0 radical (unpaired) electrons. The van der Waals surface area contributed by atoms with E-state index in [1.807, 2.05) is 0 Å². The molecule has 2 aliphatic heterocycles. The summed E-state index contributed by atoms with van der Waals surface area (Å²) in [5, 5.41) is 12.4. The molecular formula is C18H23ClN2O5. The fourth-order valence-electron chi connectivity index (χ4n) is 3.17. The van der Waals surface area contributed by atoms with Crippen LogP contribution in [0.15, 0.2) is 18.2 Å². The van der Waals surface area contributed by atoms with Crippen LogP contribution in [-0.4, -0.2) is 54.9 Å². The number of likely N-dealkylation sites (tertiary alicyclic amines) is 1. The Bertz CT molecular complexity index is 655. The molecule has 0 saturated carbocycles. The standard InChI is InChI=1S/C18H23ClN2O5/c19-14-1-2-16(26-11-12-5-8-25-10-12)15(9-14)20-18(24)21-6-3-13(4-7-21)17(22)23/h1-2,9,12-13H,3-8,10-11H2,(H,20,24)(H,22,23). The van der Waals surface area contributed by atoms with Gasteiger partial charge in [-0.3, -0.25) is 4.79 Å². The number of hydrogen-bond acceptors (Lipinski definition) is 4. The lowest BCUT2D eigenvalue weighted by molar-refractivity contribution is -0.143. The molecule has 2 saturated heterocycles. The number of amides is 2. The third kappa shape index (κ3) is 4.80. The predicted octanol–water partition coefficient (Wildman–Crippen LogP) is 3.08. The summed E-state index contributed by atoms with van der Waals surface area (Å²) < 4.78 is 11.2. The summed E-state index contributed by atoms with van der Waals surface area (Å²) in [5.74, 6) is -0.261. The molecule has 0 aliphatic carbocycles. The summed E-state index contributed by atoms with van der Waals surface area (Å²) in [6.45, 7) is 2.80. The highest BCUT2D eigenvalue weighted by Crippen LogP contribution is 2.30. The summed E-state index contributed by atoms with van der Waals surface area (Å²) >= 11 is 6.06. The molecule has 1 aromatic carbocycles. The number of carboxylic acids is 1. The maximum absolute atomic E-state index is 12.5. The van der Waals surface area contributed by atoms with E-state index in [1.165, 1.54) is 0 Å². The van der Waals surface area contributed by atoms with Gasteiger partial charge in [0.1, 0.15) is 5.75 Å². The number of anilines is 1. The van der Waals surface area contributed by atoms with Crippen molar-refractivity contribution in [3.05, 3.63) is 23.2 Å². The molecular weight excluding hydrogens is 360 g/mol. The van der Waals surface area contributed by atoms with Crippen molar-refractivity contribution >= 4 is 29.3 Å². The zero-order valence-electron chi connectivity index (χ0n) is 14.4. The van der Waals surface area contributed by atoms with Crippen molar-refractivity contribution in [1.29, 1.82) is 0 Å². The number of aliphatic carboxylic acids is 1. The minimum absolute atomic E-state index is 0.273. The number of carbonyl (C=O) groups is 2. The van der Waals surface area contributed by atoms with Crippen LogP contribution in [0.3, 0.4) is 0 Å². The summed E-state index contributed by atoms with van der Waals surface area (Å²) in [7, 11) is 0. The number of carbonyl (C=O) groups excluding carboxylic acids is 1. The molecule has 8 heteroatoms. The SMILES string of the molecule is O=C(O)C1CCN(C(=O)Nc2cc(Cl)ccc2OCC2CCOC2)CC1. The van der Waals surface area contributed by atoms with Crippen LogP contribution in [-0.2, 0) is 9.53 Å². The number of ether oxygens (including phenoxy) is 2. The summed E-state index contributed by atoms with van der Waals surface area (Å²) in [5.41, 5.74) is 0.516. The molecule has 0 bridgehead atoms. The average Bonchev–Trinajstić information content (AvgIpc) is 3.14. The topological polar surface area (TPSA) is 88.1 Å². The number of carboxylic acid groups (broad SMARTS) is 1. The van der Waals surface area contributed by atoms with Gasteiger partial charge >= 0.3 is 12.0 Å². The molecule has 7 nitrogen and oxygen atoms in total. The Kier molecular flexibility index (Phi) is 6.21. The second-order valence-corrected chi connectivity index (χ2v) is 7.15. The summed E-state index contributed by atoms with van der Waals surface area (Å²) in [4.78, 5) is 25.2. The van der Waals surface area contributed by atoms with Crippen LogP contribution in [0.5, 0.6) is 5.75 Å². The van der Waals surface area contributed by atoms with Crippen molar-refractivity contribution < 1.29 is 24.2 Å². The molecule has 26 heavy (non-hydrogen) atoms. The van der Waals surface area contributed by atoms with Crippen LogP contribution in [0.2, 0.25) is 5.02 Å². The minimum atomic E-state index is -0.800. The number of benzene rings is 1. The Labute approximate surface area is 157 Å². The van der Waals surface area contributed by atoms with E-state index in [-0.39, 0.29) is 11.9 Å². The Morgan fingerprint density at radius 3 is 2.73 bits per heavy atom. The number of rotatable bonds is 5. The molecule has 142 valence electrons. The van der Waals surface area contributed by atoms with Gasteiger partial charge < -0.3 is 24.8 Å². The second-order valence-electron chi connectivity index (χ2n) is 6.71. The quantitative estimate of drug-likeness (QED) is 0.817.